The van der Waals surface area contributed by atoms with Crippen molar-refractivity contribution in [3.05, 3.63) is 72.1 Å². The number of aryl methyl sites for hydroxylation is 1. The Morgan fingerprint density at radius 1 is 1.38 bits per heavy atom. The quantitative estimate of drug-likeness (QED) is 0.630. The van der Waals surface area contributed by atoms with Crippen LogP contribution < -0.4 is 5.56 Å². The van der Waals surface area contributed by atoms with Crippen LogP contribution in [0.2, 0.25) is 0 Å². The van der Waals surface area contributed by atoms with Crippen molar-refractivity contribution in [1.82, 2.24) is 4.57 Å². The highest BCUT2D eigenvalue weighted by Crippen LogP contribution is 2.23. The topological polar surface area (TPSA) is 88.9 Å². The summed E-state index contributed by atoms with van der Waals surface area (Å²) in [5.74, 6) is 0. The number of aromatic nitrogens is 1. The molecule has 0 fully saturated rings. The zero-order chi connectivity index (χ0) is 15.6. The molecule has 0 spiro atoms. The molecule has 2 aromatic rings. The molecule has 1 aromatic carbocycles. The molecule has 0 atom stereocenters. The van der Waals surface area contributed by atoms with Crippen molar-refractivity contribution < 1.29 is 4.92 Å². The molecule has 6 nitrogen and oxygen atoms in total. The summed E-state index contributed by atoms with van der Waals surface area (Å²) in [7, 11) is 0. The molecule has 21 heavy (non-hydrogen) atoms. The van der Waals surface area contributed by atoms with Crippen LogP contribution in [0.5, 0.6) is 0 Å². The Hall–Kier alpha value is -2.46. The van der Waals surface area contributed by atoms with Crippen LogP contribution in [0.3, 0.4) is 0 Å². The number of hydrogen-bond acceptors (Lipinski definition) is 4. The average Bonchev–Trinajstić information content (AvgIpc) is 2.44. The average molecular weight is 348 g/mol. The number of benzene rings is 1. The summed E-state index contributed by atoms with van der Waals surface area (Å²) in [5.41, 5.74) is 1.10. The maximum absolute atomic E-state index is 12.1. The fourth-order valence-corrected chi connectivity index (χ4v) is 2.39. The SMILES string of the molecule is Cc1ccc(C#N)c(=O)n1Cc1ccc([N+](=O)[O-])cc1Br. The van der Waals surface area contributed by atoms with Gasteiger partial charge in [-0.1, -0.05) is 15.9 Å². The minimum atomic E-state index is -0.484. The van der Waals surface area contributed by atoms with Gasteiger partial charge in [0, 0.05) is 22.3 Å². The highest BCUT2D eigenvalue weighted by Gasteiger charge is 2.12. The number of pyridine rings is 1. The number of nitro benzene ring substituents is 1. The molecule has 0 radical (unpaired) electrons. The summed E-state index contributed by atoms with van der Waals surface area (Å²) >= 11 is 3.27. The van der Waals surface area contributed by atoms with E-state index in [0.29, 0.717) is 10.2 Å². The molecule has 0 aliphatic heterocycles. The van der Waals surface area contributed by atoms with Crippen LogP contribution >= 0.6 is 15.9 Å². The van der Waals surface area contributed by atoms with Gasteiger partial charge in [-0.3, -0.25) is 14.9 Å². The van der Waals surface area contributed by atoms with Gasteiger partial charge in [-0.05, 0) is 30.7 Å². The van der Waals surface area contributed by atoms with Gasteiger partial charge in [0.25, 0.3) is 11.2 Å². The Morgan fingerprint density at radius 2 is 2.10 bits per heavy atom. The maximum atomic E-state index is 12.1. The Balaban J connectivity index is 2.47. The zero-order valence-electron chi connectivity index (χ0n) is 11.0. The smallest absolute Gasteiger partial charge is 0.270 e. The number of nitrogens with zero attached hydrogens (tertiary/aromatic N) is 3. The Kier molecular flexibility index (Phi) is 4.19. The van der Waals surface area contributed by atoms with Gasteiger partial charge in [-0.15, -0.1) is 0 Å². The van der Waals surface area contributed by atoms with Crippen LogP contribution in [-0.2, 0) is 6.54 Å². The molecule has 0 amide bonds. The molecule has 0 N–H and O–H groups in total. The molecule has 106 valence electrons. The summed E-state index contributed by atoms with van der Waals surface area (Å²) in [6, 6.07) is 9.40. The van der Waals surface area contributed by atoms with Crippen LogP contribution in [0.1, 0.15) is 16.8 Å². The summed E-state index contributed by atoms with van der Waals surface area (Å²) in [5, 5.41) is 19.6. The molecule has 1 aromatic heterocycles. The lowest BCUT2D eigenvalue weighted by Crippen LogP contribution is -2.25. The molecule has 2 rings (SSSR count). The van der Waals surface area contributed by atoms with Gasteiger partial charge in [-0.2, -0.15) is 5.26 Å². The lowest BCUT2D eigenvalue weighted by Gasteiger charge is -2.11. The normalized spacial score (nSPS) is 10.1. The first-order chi connectivity index (χ1) is 9.93. The van der Waals surface area contributed by atoms with Gasteiger partial charge < -0.3 is 4.57 Å². The second kappa shape index (κ2) is 5.89. The van der Waals surface area contributed by atoms with E-state index in [1.807, 2.05) is 6.07 Å². The zero-order valence-corrected chi connectivity index (χ0v) is 12.6. The van der Waals surface area contributed by atoms with Gasteiger partial charge in [-0.25, -0.2) is 0 Å². The van der Waals surface area contributed by atoms with E-state index in [1.165, 1.54) is 22.8 Å². The molecular weight excluding hydrogens is 338 g/mol. The third-order valence-electron chi connectivity index (χ3n) is 3.09. The van der Waals surface area contributed by atoms with Gasteiger partial charge in [0.2, 0.25) is 0 Å². The number of nitro groups is 1. The maximum Gasteiger partial charge on any atom is 0.270 e. The van der Waals surface area contributed by atoms with E-state index in [2.05, 4.69) is 15.9 Å². The van der Waals surface area contributed by atoms with E-state index in [4.69, 9.17) is 5.26 Å². The van der Waals surface area contributed by atoms with Crippen LogP contribution in [0.15, 0.2) is 39.6 Å². The molecule has 0 bridgehead atoms. The van der Waals surface area contributed by atoms with Crippen molar-refractivity contribution in [1.29, 1.82) is 5.26 Å². The molecule has 0 saturated heterocycles. The van der Waals surface area contributed by atoms with Gasteiger partial charge in [0.05, 0.1) is 11.5 Å². The lowest BCUT2D eigenvalue weighted by atomic mass is 10.2. The van der Waals surface area contributed by atoms with Crippen molar-refractivity contribution in [2.75, 3.05) is 0 Å². The minimum Gasteiger partial charge on any atom is -0.307 e. The standard InChI is InChI=1S/C14H10BrN3O3/c1-9-2-3-10(7-16)14(19)17(9)8-11-4-5-12(18(20)21)6-13(11)15/h2-6H,8H2,1H3. The van der Waals surface area contributed by atoms with Gasteiger partial charge in [0.1, 0.15) is 11.6 Å². The molecule has 7 heteroatoms. The predicted molar refractivity (Wildman–Crippen MR) is 80.1 cm³/mol. The van der Waals surface area contributed by atoms with Crippen molar-refractivity contribution in [2.45, 2.75) is 13.5 Å². The van der Waals surface area contributed by atoms with Crippen molar-refractivity contribution in [3.8, 4) is 6.07 Å². The van der Waals surface area contributed by atoms with Crippen LogP contribution in [0.4, 0.5) is 5.69 Å². The molecule has 0 aliphatic carbocycles. The third-order valence-corrected chi connectivity index (χ3v) is 3.83. The van der Waals surface area contributed by atoms with Gasteiger partial charge >= 0.3 is 0 Å². The number of hydrogen-bond donors (Lipinski definition) is 0. The largest absolute Gasteiger partial charge is 0.307 e. The highest BCUT2D eigenvalue weighted by molar-refractivity contribution is 9.10. The number of rotatable bonds is 3. The summed E-state index contributed by atoms with van der Waals surface area (Å²) in [4.78, 5) is 22.4. The first-order valence-electron chi connectivity index (χ1n) is 5.97. The molecule has 0 aliphatic rings. The summed E-state index contributed by atoms with van der Waals surface area (Å²) in [6.07, 6.45) is 0. The summed E-state index contributed by atoms with van der Waals surface area (Å²) in [6.45, 7) is 2.00. The van der Waals surface area contributed by atoms with Crippen molar-refractivity contribution >= 4 is 21.6 Å². The molecular formula is C14H10BrN3O3. The van der Waals surface area contributed by atoms with E-state index >= 15 is 0 Å². The van der Waals surface area contributed by atoms with E-state index in [-0.39, 0.29) is 23.4 Å². The molecule has 0 unspecified atom stereocenters. The summed E-state index contributed by atoms with van der Waals surface area (Å²) < 4.78 is 2.01. The predicted octanol–water partition coefficient (Wildman–Crippen LogP) is 2.75. The van der Waals surface area contributed by atoms with Crippen LogP contribution in [0.25, 0.3) is 0 Å². The fourth-order valence-electron chi connectivity index (χ4n) is 1.90. The minimum absolute atomic E-state index is 0.0273. The Morgan fingerprint density at radius 3 is 2.67 bits per heavy atom. The second-order valence-electron chi connectivity index (χ2n) is 4.42. The Labute approximate surface area is 128 Å². The molecule has 0 saturated carbocycles. The van der Waals surface area contributed by atoms with Crippen LogP contribution in [-0.4, -0.2) is 9.49 Å². The third kappa shape index (κ3) is 3.01. The van der Waals surface area contributed by atoms with Crippen molar-refractivity contribution in [2.24, 2.45) is 0 Å². The highest BCUT2D eigenvalue weighted by atomic mass is 79.9. The monoisotopic (exact) mass is 347 g/mol. The number of halogens is 1. The first-order valence-corrected chi connectivity index (χ1v) is 6.76. The lowest BCUT2D eigenvalue weighted by molar-refractivity contribution is -0.384. The number of non-ortho nitro benzene ring substituents is 1. The number of nitriles is 1. The van der Waals surface area contributed by atoms with E-state index in [9.17, 15) is 14.9 Å². The second-order valence-corrected chi connectivity index (χ2v) is 5.28. The first kappa shape index (κ1) is 14.9. The van der Waals surface area contributed by atoms with Crippen molar-refractivity contribution in [3.63, 3.8) is 0 Å². The van der Waals surface area contributed by atoms with E-state index in [0.717, 1.165) is 5.56 Å². The van der Waals surface area contributed by atoms with Crippen LogP contribution in [0, 0.1) is 28.4 Å². The van der Waals surface area contributed by atoms with Gasteiger partial charge in [0.15, 0.2) is 0 Å². The Bertz CT molecular complexity index is 821. The molecule has 1 heterocycles. The fraction of sp³-hybridized carbons (Fsp3) is 0.143. The van der Waals surface area contributed by atoms with E-state index in [1.54, 1.807) is 19.1 Å². The van der Waals surface area contributed by atoms with E-state index < -0.39 is 4.92 Å².